The molecule has 1 unspecified atom stereocenters. The zero-order chi connectivity index (χ0) is 26.2. The Kier molecular flexibility index (Phi) is 9.66. The van der Waals surface area contributed by atoms with E-state index < -0.39 is 9.58 Å². The maximum atomic E-state index is 14.4. The van der Waals surface area contributed by atoms with Crippen molar-refractivity contribution in [3.05, 3.63) is 88.4 Å². The number of ether oxygens (including phenoxy) is 1. The Morgan fingerprint density at radius 2 is 1.94 bits per heavy atom. The first kappa shape index (κ1) is 28.1. The number of allylic oxidation sites excluding steroid dienone is 1. The Morgan fingerprint density at radius 1 is 1.29 bits per heavy atom. The van der Waals surface area contributed by atoms with Crippen LogP contribution in [0.1, 0.15) is 56.4 Å². The van der Waals surface area contributed by atoms with E-state index in [0.29, 0.717) is 29.3 Å². The maximum absolute atomic E-state index is 14.4. The predicted octanol–water partition coefficient (Wildman–Crippen LogP) is 6.16. The van der Waals surface area contributed by atoms with Crippen molar-refractivity contribution in [3.63, 3.8) is 0 Å². The third-order valence-electron chi connectivity index (χ3n) is 5.56. The molecule has 6 nitrogen and oxygen atoms in total. The van der Waals surface area contributed by atoms with Gasteiger partial charge in [0.25, 0.3) is 0 Å². The number of halogens is 1. The van der Waals surface area contributed by atoms with Crippen LogP contribution in [0.25, 0.3) is 0 Å². The molecule has 2 rings (SSSR count). The summed E-state index contributed by atoms with van der Waals surface area (Å²) in [5.74, 6) is 0.842. The molecule has 0 fully saturated rings. The lowest BCUT2D eigenvalue weighted by molar-refractivity contribution is -0.979. The Balaban J connectivity index is 2.10. The number of thiol groups is 1. The maximum Gasteiger partial charge on any atom is 0.164 e. The zero-order valence-electron chi connectivity index (χ0n) is 21.1. The van der Waals surface area contributed by atoms with Gasteiger partial charge in [0.05, 0.1) is 11.6 Å². The van der Waals surface area contributed by atoms with Gasteiger partial charge in [-0.1, -0.05) is 39.0 Å². The number of hydroxylamine groups is 1. The normalized spacial score (nSPS) is 14.5. The van der Waals surface area contributed by atoms with Crippen molar-refractivity contribution in [1.29, 1.82) is 5.26 Å². The summed E-state index contributed by atoms with van der Waals surface area (Å²) in [5.41, 5.74) is 2.93. The molecular formula is C27H34FN4O2S+. The lowest BCUT2D eigenvalue weighted by Crippen LogP contribution is -2.27. The number of nitrogens with zero attached hydrogens (tertiary/aromatic N) is 3. The van der Waals surface area contributed by atoms with Crippen molar-refractivity contribution in [1.82, 2.24) is 5.32 Å². The van der Waals surface area contributed by atoms with Gasteiger partial charge in [0.1, 0.15) is 38.0 Å². The Labute approximate surface area is 213 Å². The highest BCUT2D eigenvalue weighted by Gasteiger charge is 2.25. The van der Waals surface area contributed by atoms with E-state index >= 15 is 0 Å². The van der Waals surface area contributed by atoms with Crippen LogP contribution in [0.2, 0.25) is 0 Å². The third-order valence-corrected chi connectivity index (χ3v) is 5.65. The van der Waals surface area contributed by atoms with E-state index in [0.717, 1.165) is 23.1 Å². The van der Waals surface area contributed by atoms with Crippen molar-refractivity contribution >= 4 is 18.7 Å². The van der Waals surface area contributed by atoms with Crippen LogP contribution in [0.5, 0.6) is 5.75 Å². The van der Waals surface area contributed by atoms with Crippen LogP contribution >= 0.6 is 12.8 Å². The number of quaternary nitrogens is 1. The van der Waals surface area contributed by atoms with Crippen LogP contribution in [0.3, 0.4) is 0 Å². The number of rotatable bonds is 9. The highest BCUT2D eigenvalue weighted by Crippen LogP contribution is 2.34. The SMILES string of the molecule is CC/C=C(/C=C\N/C(C)=N\[N+](C)(O)S)COc1ccc(C(C)(C)c2cc(F)c(C)c(C#N)c2)cc1. The van der Waals surface area contributed by atoms with Crippen molar-refractivity contribution in [2.45, 2.75) is 46.5 Å². The predicted molar refractivity (Wildman–Crippen MR) is 141 cm³/mol. The Hall–Kier alpha value is -3.12. The summed E-state index contributed by atoms with van der Waals surface area (Å²) in [7, 11) is 1.42. The minimum absolute atomic E-state index is 0.349. The van der Waals surface area contributed by atoms with E-state index in [1.165, 1.54) is 13.1 Å². The first-order chi connectivity index (χ1) is 16.4. The van der Waals surface area contributed by atoms with Crippen molar-refractivity contribution in [2.75, 3.05) is 13.7 Å². The Morgan fingerprint density at radius 3 is 2.51 bits per heavy atom. The molecule has 0 spiro atoms. The highest BCUT2D eigenvalue weighted by molar-refractivity contribution is 7.74. The molecule has 35 heavy (non-hydrogen) atoms. The van der Waals surface area contributed by atoms with Gasteiger partial charge < -0.3 is 10.1 Å². The summed E-state index contributed by atoms with van der Waals surface area (Å²) in [6.07, 6.45) is 6.53. The van der Waals surface area contributed by atoms with Gasteiger partial charge in [0.2, 0.25) is 0 Å². The molecule has 0 saturated carbocycles. The van der Waals surface area contributed by atoms with Gasteiger partial charge in [-0.05, 0) is 76.6 Å². The van der Waals surface area contributed by atoms with Crippen molar-refractivity contribution < 1.29 is 18.5 Å². The fourth-order valence-corrected chi connectivity index (χ4v) is 3.61. The molecule has 0 saturated heterocycles. The molecule has 0 aromatic heterocycles. The largest absolute Gasteiger partial charge is 0.489 e. The van der Waals surface area contributed by atoms with Crippen LogP contribution in [0.4, 0.5) is 4.39 Å². The lowest BCUT2D eigenvalue weighted by Gasteiger charge is -2.27. The second kappa shape index (κ2) is 12.0. The van der Waals surface area contributed by atoms with Crippen molar-refractivity contribution in [3.8, 4) is 11.8 Å². The second-order valence-corrected chi connectivity index (χ2v) is 9.66. The number of amidine groups is 1. The van der Waals surface area contributed by atoms with E-state index in [2.05, 4.69) is 35.4 Å². The van der Waals surface area contributed by atoms with Crippen molar-refractivity contribution in [2.24, 2.45) is 5.10 Å². The fourth-order valence-electron chi connectivity index (χ4n) is 3.48. The molecule has 2 aromatic rings. The molecule has 0 bridgehead atoms. The smallest absolute Gasteiger partial charge is 0.164 e. The summed E-state index contributed by atoms with van der Waals surface area (Å²) < 4.78 is 19.5. The van der Waals surface area contributed by atoms with E-state index in [1.807, 2.05) is 51.1 Å². The molecule has 186 valence electrons. The number of hydrogen-bond acceptors (Lipinski definition) is 5. The summed E-state index contributed by atoms with van der Waals surface area (Å²) in [6, 6.07) is 13.0. The number of benzene rings is 2. The molecule has 0 aliphatic carbocycles. The van der Waals surface area contributed by atoms with E-state index in [4.69, 9.17) is 4.74 Å². The van der Waals surface area contributed by atoms with Crippen LogP contribution < -0.4 is 10.1 Å². The van der Waals surface area contributed by atoms with Gasteiger partial charge in [0.15, 0.2) is 5.84 Å². The van der Waals surface area contributed by atoms with E-state index in [-0.39, 0.29) is 5.82 Å². The molecule has 2 aromatic carbocycles. The molecule has 8 heteroatoms. The molecule has 0 aliphatic heterocycles. The number of nitrogens with one attached hydrogen (secondary N) is 1. The topological polar surface area (TPSA) is 77.6 Å². The van der Waals surface area contributed by atoms with E-state index in [1.54, 1.807) is 26.1 Å². The Bertz CT molecular complexity index is 1160. The first-order valence-electron chi connectivity index (χ1n) is 11.3. The van der Waals surface area contributed by atoms with Gasteiger partial charge in [-0.2, -0.15) is 10.5 Å². The molecule has 2 N–H and O–H groups in total. The average molecular weight is 498 g/mol. The van der Waals surface area contributed by atoms with Gasteiger partial charge in [-0.3, -0.25) is 0 Å². The molecule has 0 heterocycles. The minimum Gasteiger partial charge on any atom is -0.489 e. The van der Waals surface area contributed by atoms with Gasteiger partial charge in [0, 0.05) is 17.2 Å². The molecule has 0 radical (unpaired) electrons. The van der Waals surface area contributed by atoms with Crippen LogP contribution in [0, 0.1) is 24.1 Å². The highest BCUT2D eigenvalue weighted by atomic mass is 32.1. The number of nitriles is 1. The second-order valence-electron chi connectivity index (χ2n) is 8.90. The standard InChI is InChI=1S/C27H34FN4O2S/c1-7-8-21(13-14-30-20(3)31-32(6,33)35)18-34-25-11-9-23(10-12-25)27(4,5)24-15-22(17-29)19(2)26(28)16-24/h8-16,33,35H,7,18H2,1-6H3,(H,30,31)/q+1/b14-13-,21-8-. The summed E-state index contributed by atoms with van der Waals surface area (Å²) >= 11 is 3.91. The van der Waals surface area contributed by atoms with Gasteiger partial charge >= 0.3 is 0 Å². The molecule has 1 atom stereocenters. The molecule has 0 aliphatic rings. The third kappa shape index (κ3) is 8.25. The minimum atomic E-state index is -0.807. The fraction of sp³-hybridized carbons (Fsp3) is 0.333. The lowest BCUT2D eigenvalue weighted by atomic mass is 9.77. The summed E-state index contributed by atoms with van der Waals surface area (Å²) in [5, 5.41) is 25.8. The summed E-state index contributed by atoms with van der Waals surface area (Å²) in [6.45, 7) is 9.77. The quantitative estimate of drug-likeness (QED) is 0.0968. The monoisotopic (exact) mass is 497 g/mol. The molecule has 0 amide bonds. The average Bonchev–Trinajstić information content (AvgIpc) is 2.78. The van der Waals surface area contributed by atoms with E-state index in [9.17, 15) is 14.9 Å². The zero-order valence-corrected chi connectivity index (χ0v) is 22.0. The first-order valence-corrected chi connectivity index (χ1v) is 11.7. The number of hydrogen-bond donors (Lipinski definition) is 3. The molecular weight excluding hydrogens is 463 g/mol. The van der Waals surface area contributed by atoms with Crippen LogP contribution in [-0.4, -0.2) is 28.9 Å². The summed E-state index contributed by atoms with van der Waals surface area (Å²) in [4.78, 5) is 0. The van der Waals surface area contributed by atoms with Gasteiger partial charge in [-0.15, -0.1) is 0 Å². The van der Waals surface area contributed by atoms with Crippen LogP contribution in [0.15, 0.2) is 65.4 Å². The van der Waals surface area contributed by atoms with Crippen LogP contribution in [-0.2, 0) is 5.41 Å². The van der Waals surface area contributed by atoms with Gasteiger partial charge in [-0.25, -0.2) is 4.39 Å².